The molecule has 0 spiro atoms. The molecule has 0 radical (unpaired) electrons. The van der Waals surface area contributed by atoms with Crippen LogP contribution in [-0.4, -0.2) is 0 Å². The van der Waals surface area contributed by atoms with Crippen LogP contribution in [0.15, 0.2) is 270 Å². The van der Waals surface area contributed by atoms with E-state index in [1.807, 2.05) is 6.07 Å². The van der Waals surface area contributed by atoms with E-state index in [1.54, 1.807) is 0 Å². The first-order valence-electron chi connectivity index (χ1n) is 24.0. The lowest BCUT2D eigenvalue weighted by atomic mass is 9.67. The van der Waals surface area contributed by atoms with Gasteiger partial charge in [-0.1, -0.05) is 218 Å². The van der Waals surface area contributed by atoms with Gasteiger partial charge in [-0.2, -0.15) is 0 Å². The molecule has 0 bridgehead atoms. The van der Waals surface area contributed by atoms with Crippen molar-refractivity contribution in [3.63, 3.8) is 0 Å². The van der Waals surface area contributed by atoms with Crippen molar-refractivity contribution in [2.24, 2.45) is 0 Å². The monoisotopic (exact) mass is 893 g/mol. The average Bonchev–Trinajstić information content (AvgIpc) is 4.10. The zero-order valence-electron chi connectivity index (χ0n) is 38.1. The van der Waals surface area contributed by atoms with Crippen molar-refractivity contribution in [1.82, 2.24) is 0 Å². The predicted molar refractivity (Wildman–Crippen MR) is 289 cm³/mol. The van der Waals surface area contributed by atoms with Crippen LogP contribution in [0.4, 0.5) is 17.1 Å². The maximum Gasteiger partial charge on any atom is 0.159 e. The SMILES string of the molecule is c1ccc(-c2ccc(-c3c4oc5c(N(c6cccc(-c7ccccc7)c6)c6ccc7c(c6)C(c6ccccc6)(c6ccccc6)c6ccccc6-7)cccc5c4cc4oc5ccccc5c34)cc2)cc1. The Labute approximate surface area is 405 Å². The van der Waals surface area contributed by atoms with Crippen LogP contribution in [0.1, 0.15) is 22.3 Å². The Balaban J connectivity index is 1.04. The van der Waals surface area contributed by atoms with E-state index < -0.39 is 5.41 Å². The van der Waals surface area contributed by atoms with Gasteiger partial charge in [-0.15, -0.1) is 0 Å². The van der Waals surface area contributed by atoms with Crippen molar-refractivity contribution in [3.05, 3.63) is 283 Å². The first-order valence-corrected chi connectivity index (χ1v) is 24.0. The number of anilines is 3. The smallest absolute Gasteiger partial charge is 0.159 e. The van der Waals surface area contributed by atoms with Crippen LogP contribution in [0.2, 0.25) is 0 Å². The van der Waals surface area contributed by atoms with Gasteiger partial charge in [-0.05, 0) is 104 Å². The van der Waals surface area contributed by atoms with Crippen molar-refractivity contribution >= 4 is 60.9 Å². The minimum Gasteiger partial charge on any atom is -0.456 e. The molecule has 0 saturated carbocycles. The summed E-state index contributed by atoms with van der Waals surface area (Å²) in [7, 11) is 0. The number of benzene rings is 11. The number of rotatable bonds is 8. The van der Waals surface area contributed by atoms with E-state index in [-0.39, 0.29) is 0 Å². The first kappa shape index (κ1) is 39.9. The number of fused-ring (bicyclic) bond motifs is 9. The van der Waals surface area contributed by atoms with Crippen molar-refractivity contribution in [2.75, 3.05) is 4.90 Å². The highest BCUT2D eigenvalue weighted by atomic mass is 16.3. The fourth-order valence-corrected chi connectivity index (χ4v) is 11.5. The highest BCUT2D eigenvalue weighted by Gasteiger charge is 2.46. The number of furan rings is 2. The Hall–Kier alpha value is -9.18. The van der Waals surface area contributed by atoms with Gasteiger partial charge in [0.15, 0.2) is 5.58 Å². The lowest BCUT2D eigenvalue weighted by molar-refractivity contribution is 0.665. The van der Waals surface area contributed by atoms with E-state index in [9.17, 15) is 0 Å². The zero-order valence-corrected chi connectivity index (χ0v) is 38.1. The zero-order chi connectivity index (χ0) is 46.2. The molecule has 13 aromatic rings. The molecular formula is C67H43NO2. The largest absolute Gasteiger partial charge is 0.456 e. The van der Waals surface area contributed by atoms with Gasteiger partial charge in [-0.3, -0.25) is 0 Å². The minimum atomic E-state index is -0.574. The van der Waals surface area contributed by atoms with Gasteiger partial charge in [0.2, 0.25) is 0 Å². The molecule has 2 heterocycles. The van der Waals surface area contributed by atoms with E-state index in [0.29, 0.717) is 0 Å². The van der Waals surface area contributed by atoms with E-state index in [2.05, 4.69) is 260 Å². The van der Waals surface area contributed by atoms with Crippen molar-refractivity contribution < 1.29 is 8.83 Å². The van der Waals surface area contributed by atoms with Gasteiger partial charge in [-0.25, -0.2) is 0 Å². The van der Waals surface area contributed by atoms with Gasteiger partial charge in [0.25, 0.3) is 0 Å². The van der Waals surface area contributed by atoms with Crippen LogP contribution in [0.5, 0.6) is 0 Å². The Morgan fingerprint density at radius 2 is 0.871 bits per heavy atom. The van der Waals surface area contributed by atoms with Crippen LogP contribution >= 0.6 is 0 Å². The highest BCUT2D eigenvalue weighted by molar-refractivity contribution is 6.24. The van der Waals surface area contributed by atoms with Crippen LogP contribution < -0.4 is 4.90 Å². The molecule has 1 aliphatic carbocycles. The van der Waals surface area contributed by atoms with Gasteiger partial charge in [0, 0.05) is 38.5 Å². The molecule has 2 aromatic heterocycles. The summed E-state index contributed by atoms with van der Waals surface area (Å²) in [6, 6.07) is 94.0. The molecule has 70 heavy (non-hydrogen) atoms. The lowest BCUT2D eigenvalue weighted by Gasteiger charge is -2.35. The molecule has 3 heteroatoms. The van der Waals surface area contributed by atoms with Gasteiger partial charge < -0.3 is 13.7 Å². The molecule has 0 N–H and O–H groups in total. The topological polar surface area (TPSA) is 29.5 Å². The van der Waals surface area contributed by atoms with Crippen molar-refractivity contribution in [1.29, 1.82) is 0 Å². The number of nitrogens with zero attached hydrogens (tertiary/aromatic N) is 1. The normalized spacial score (nSPS) is 12.7. The van der Waals surface area contributed by atoms with Crippen LogP contribution in [0.3, 0.4) is 0 Å². The first-order chi connectivity index (χ1) is 34.7. The second kappa shape index (κ2) is 16.0. The predicted octanol–water partition coefficient (Wildman–Crippen LogP) is 18.3. The molecule has 0 atom stereocenters. The average molecular weight is 894 g/mol. The Morgan fingerprint density at radius 3 is 1.61 bits per heavy atom. The second-order valence-corrected chi connectivity index (χ2v) is 18.3. The lowest BCUT2D eigenvalue weighted by Crippen LogP contribution is -2.28. The molecule has 0 aliphatic heterocycles. The molecule has 11 aromatic carbocycles. The minimum absolute atomic E-state index is 0.574. The van der Waals surface area contributed by atoms with E-state index in [0.717, 1.165) is 88.8 Å². The Morgan fingerprint density at radius 1 is 0.314 bits per heavy atom. The molecule has 0 saturated heterocycles. The Bertz CT molecular complexity index is 4060. The summed E-state index contributed by atoms with van der Waals surface area (Å²) in [5.74, 6) is 0. The fourth-order valence-electron chi connectivity index (χ4n) is 11.5. The molecule has 328 valence electrons. The van der Waals surface area contributed by atoms with Gasteiger partial charge >= 0.3 is 0 Å². The maximum atomic E-state index is 7.49. The third-order valence-corrected chi connectivity index (χ3v) is 14.5. The summed E-state index contributed by atoms with van der Waals surface area (Å²) in [6.07, 6.45) is 0. The fraction of sp³-hybridized carbons (Fsp3) is 0.0149. The highest BCUT2D eigenvalue weighted by Crippen LogP contribution is 2.58. The van der Waals surface area contributed by atoms with E-state index in [1.165, 1.54) is 38.9 Å². The molecule has 0 fully saturated rings. The van der Waals surface area contributed by atoms with Crippen LogP contribution in [-0.2, 0) is 5.41 Å². The summed E-state index contributed by atoms with van der Waals surface area (Å²) >= 11 is 0. The molecule has 0 unspecified atom stereocenters. The van der Waals surface area contributed by atoms with Gasteiger partial charge in [0.1, 0.15) is 16.7 Å². The van der Waals surface area contributed by atoms with E-state index in [4.69, 9.17) is 8.83 Å². The number of para-hydroxylation sites is 2. The molecular weight excluding hydrogens is 851 g/mol. The van der Waals surface area contributed by atoms with Crippen molar-refractivity contribution in [3.8, 4) is 44.5 Å². The summed E-state index contributed by atoms with van der Waals surface area (Å²) < 4.78 is 14.2. The second-order valence-electron chi connectivity index (χ2n) is 18.3. The molecule has 14 rings (SSSR count). The van der Waals surface area contributed by atoms with Crippen LogP contribution in [0.25, 0.3) is 88.4 Å². The van der Waals surface area contributed by atoms with Gasteiger partial charge in [0.05, 0.1) is 11.1 Å². The van der Waals surface area contributed by atoms with Crippen molar-refractivity contribution in [2.45, 2.75) is 5.41 Å². The summed E-state index contributed by atoms with van der Waals surface area (Å²) in [5, 5.41) is 4.11. The third-order valence-electron chi connectivity index (χ3n) is 14.5. The van der Waals surface area contributed by atoms with Crippen LogP contribution in [0, 0.1) is 0 Å². The summed E-state index contributed by atoms with van der Waals surface area (Å²) in [4.78, 5) is 2.40. The summed E-state index contributed by atoms with van der Waals surface area (Å²) in [5.41, 5.74) is 19.8. The quantitative estimate of drug-likeness (QED) is 0.152. The number of hydrogen-bond donors (Lipinski definition) is 0. The maximum absolute atomic E-state index is 7.49. The standard InChI is InChI=1S/C67H43NO2/c1-5-19-44(20-6-1)46-35-37-47(38-36-46)63-64-56-30-14-16-34-61(56)69-62(64)43-57-55-31-18-33-60(65(55)70-66(57)63)68(51-28-17-23-48(41-51)45-21-7-2-8-22-45)52-39-40-54-53-29-13-15-32-58(53)67(59(54)42-52,49-24-9-3-10-25-49)50-26-11-4-12-27-50/h1-43H. The molecule has 0 amide bonds. The Kier molecular flexibility index (Phi) is 9.11. The molecule has 1 aliphatic rings. The third kappa shape index (κ3) is 6.08. The molecule has 3 nitrogen and oxygen atoms in total. The van der Waals surface area contributed by atoms with E-state index >= 15 is 0 Å². The number of hydrogen-bond acceptors (Lipinski definition) is 3. The summed E-state index contributed by atoms with van der Waals surface area (Å²) in [6.45, 7) is 0.